The van der Waals surface area contributed by atoms with Gasteiger partial charge in [-0.15, -0.1) is 0 Å². The molecule has 3 rings (SSSR count). The van der Waals surface area contributed by atoms with Crippen molar-refractivity contribution in [3.63, 3.8) is 0 Å². The van der Waals surface area contributed by atoms with Crippen molar-refractivity contribution in [1.29, 1.82) is 0 Å². The Morgan fingerprint density at radius 2 is 1.43 bits per heavy atom. The van der Waals surface area contributed by atoms with Crippen molar-refractivity contribution in [2.75, 3.05) is 19.8 Å². The van der Waals surface area contributed by atoms with Crippen molar-refractivity contribution in [1.82, 2.24) is 5.32 Å². The zero-order valence-corrected chi connectivity index (χ0v) is 22.1. The second kappa shape index (κ2) is 14.5. The summed E-state index contributed by atoms with van der Waals surface area (Å²) in [7, 11) is 0. The van der Waals surface area contributed by atoms with Crippen molar-refractivity contribution >= 4 is 17.8 Å². The molecule has 0 aromatic heterocycles. The molecule has 0 aromatic carbocycles. The Morgan fingerprint density at radius 3 is 2.00 bits per heavy atom. The summed E-state index contributed by atoms with van der Waals surface area (Å²) in [6.45, 7) is -0.296. The van der Waals surface area contributed by atoms with Gasteiger partial charge in [0.1, 0.15) is 67.6 Å². The van der Waals surface area contributed by atoms with Gasteiger partial charge in [-0.1, -0.05) is 0 Å². The number of nitrogens with one attached hydrogen (secondary N) is 1. The predicted octanol–water partition coefficient (Wildman–Crippen LogP) is -7.83. The Labute approximate surface area is 237 Å². The fraction of sp³-hybridized carbons (Fsp3) is 0.864. The Balaban J connectivity index is 1.88. The van der Waals surface area contributed by atoms with Crippen molar-refractivity contribution in [2.45, 2.75) is 99.0 Å². The van der Waals surface area contributed by atoms with E-state index in [-0.39, 0.29) is 13.2 Å². The quantitative estimate of drug-likeness (QED) is 0.101. The molecule has 0 aromatic rings. The molecule has 3 aliphatic rings. The van der Waals surface area contributed by atoms with Crippen LogP contribution in [-0.4, -0.2) is 176 Å². The summed E-state index contributed by atoms with van der Waals surface area (Å²) in [5.41, 5.74) is 5.31. The number of aliphatic hydroxyl groups is 8. The first-order valence-corrected chi connectivity index (χ1v) is 12.7. The maximum atomic E-state index is 12.6. The van der Waals surface area contributed by atoms with Crippen LogP contribution in [0.1, 0.15) is 6.92 Å². The monoisotopic (exact) mass is 616 g/mol. The van der Waals surface area contributed by atoms with Crippen LogP contribution in [0.15, 0.2) is 0 Å². The van der Waals surface area contributed by atoms with E-state index in [1.165, 1.54) is 0 Å². The Bertz CT molecular complexity index is 943. The minimum Gasteiger partial charge on any atom is -0.479 e. The lowest BCUT2D eigenvalue weighted by atomic mass is 9.94. The van der Waals surface area contributed by atoms with Crippen LogP contribution in [0, 0.1) is 0 Å². The molecule has 15 atom stereocenters. The highest BCUT2D eigenvalue weighted by molar-refractivity contribution is 5.76. The highest BCUT2D eigenvalue weighted by Gasteiger charge is 2.55. The lowest BCUT2D eigenvalue weighted by Crippen LogP contribution is -2.69. The SMILES string of the molecule is CC(=O)N[C@H]1[C@@H](O[C@H]2[C@H](O)[C@@H](O)[C@H](O)O[C@@H]2C(=O)OCCN)O[C@H](CO)[C@@H](O[C@@H]2O[C@H](C(=O)O)[C@@H](O)[C@H](O)[C@H]2O)[C@@H]1O. The minimum atomic E-state index is -2.06. The zero-order chi connectivity index (χ0) is 31.5. The third-order valence-corrected chi connectivity index (χ3v) is 6.78. The van der Waals surface area contributed by atoms with E-state index in [0.717, 1.165) is 6.92 Å². The molecule has 1 amide bonds. The second-order valence-electron chi connectivity index (χ2n) is 9.76. The summed E-state index contributed by atoms with van der Waals surface area (Å²) >= 11 is 0. The normalized spacial score (nSPS) is 44.3. The molecule has 0 aliphatic carbocycles. The van der Waals surface area contributed by atoms with Gasteiger partial charge in [-0.3, -0.25) is 4.79 Å². The van der Waals surface area contributed by atoms with Crippen LogP contribution in [0.5, 0.6) is 0 Å². The number of esters is 1. The number of rotatable bonds is 10. The average molecular weight is 617 g/mol. The van der Waals surface area contributed by atoms with Gasteiger partial charge in [0.25, 0.3) is 0 Å². The van der Waals surface area contributed by atoms with Gasteiger partial charge in [0.2, 0.25) is 5.91 Å². The van der Waals surface area contributed by atoms with E-state index in [4.69, 9.17) is 34.2 Å². The van der Waals surface area contributed by atoms with Crippen molar-refractivity contribution < 1.29 is 88.8 Å². The first-order valence-electron chi connectivity index (χ1n) is 12.7. The molecule has 3 aliphatic heterocycles. The molecule has 242 valence electrons. The number of hydrogen-bond acceptors (Lipinski definition) is 18. The van der Waals surface area contributed by atoms with Crippen LogP contribution in [-0.2, 0) is 42.8 Å². The van der Waals surface area contributed by atoms with Gasteiger partial charge in [-0.25, -0.2) is 9.59 Å². The number of aliphatic carboxylic acids is 1. The smallest absolute Gasteiger partial charge is 0.338 e. The molecule has 3 heterocycles. The van der Waals surface area contributed by atoms with E-state index < -0.39 is 117 Å². The Kier molecular flexibility index (Phi) is 11.9. The molecule has 42 heavy (non-hydrogen) atoms. The summed E-state index contributed by atoms with van der Waals surface area (Å²) in [4.78, 5) is 36.0. The number of nitrogens with two attached hydrogens (primary N) is 1. The molecule has 0 radical (unpaired) electrons. The molecule has 0 spiro atoms. The molecule has 20 heteroatoms. The highest BCUT2D eigenvalue weighted by atomic mass is 16.7. The van der Waals surface area contributed by atoms with Gasteiger partial charge in [-0.2, -0.15) is 0 Å². The fourth-order valence-electron chi connectivity index (χ4n) is 4.65. The summed E-state index contributed by atoms with van der Waals surface area (Å²) in [5, 5.41) is 93.6. The van der Waals surface area contributed by atoms with Crippen LogP contribution in [0.2, 0.25) is 0 Å². The highest BCUT2D eigenvalue weighted by Crippen LogP contribution is 2.32. The largest absolute Gasteiger partial charge is 0.479 e. The molecule has 0 bridgehead atoms. The van der Waals surface area contributed by atoms with Crippen LogP contribution < -0.4 is 11.1 Å². The Morgan fingerprint density at radius 1 is 0.786 bits per heavy atom. The molecule has 3 saturated heterocycles. The molecular weight excluding hydrogens is 580 g/mol. The van der Waals surface area contributed by atoms with Crippen LogP contribution in [0.3, 0.4) is 0 Å². The number of carbonyl (C=O) groups excluding carboxylic acids is 2. The van der Waals surface area contributed by atoms with Gasteiger partial charge < -0.3 is 85.4 Å². The van der Waals surface area contributed by atoms with Gasteiger partial charge in [-0.05, 0) is 0 Å². The van der Waals surface area contributed by atoms with Crippen LogP contribution in [0.4, 0.5) is 0 Å². The molecule has 0 unspecified atom stereocenters. The average Bonchev–Trinajstić information content (AvgIpc) is 2.94. The van der Waals surface area contributed by atoms with E-state index in [2.05, 4.69) is 5.32 Å². The van der Waals surface area contributed by atoms with Crippen molar-refractivity contribution in [2.24, 2.45) is 5.73 Å². The zero-order valence-electron chi connectivity index (χ0n) is 22.1. The fourth-order valence-corrected chi connectivity index (χ4v) is 4.65. The maximum Gasteiger partial charge on any atom is 0.338 e. The minimum absolute atomic E-state index is 0.0948. The van der Waals surface area contributed by atoms with E-state index in [1.54, 1.807) is 0 Å². The molecule has 0 saturated carbocycles. The number of hydrogen-bond donors (Lipinski definition) is 11. The van der Waals surface area contributed by atoms with Gasteiger partial charge in [0, 0.05) is 13.5 Å². The first kappa shape index (κ1) is 34.3. The standard InChI is InChI=1S/C22H36N2O18/c1-5(26)24-7-8(27)14(40-22-13(32)9(28)10(29)16(42-22)18(33)34)6(4-25)38-21(7)41-15-11(30)12(31)19(35)39-17(15)20(36)37-3-2-23/h6-17,19,21-22,25,27-32,35H,2-4,23H2,1H3,(H,24,26)(H,33,34)/t6-,7-,8-,9+,10+,11-,12-,13-,14-,15+,16+,17+,19-,21-,22-/m1/s1. The lowest BCUT2D eigenvalue weighted by Gasteiger charge is -2.48. The van der Waals surface area contributed by atoms with Crippen molar-refractivity contribution in [3.05, 3.63) is 0 Å². The summed E-state index contributed by atoms with van der Waals surface area (Å²) in [5.74, 6) is -3.66. The van der Waals surface area contributed by atoms with E-state index in [1.807, 2.05) is 0 Å². The molecule has 20 nitrogen and oxygen atoms in total. The van der Waals surface area contributed by atoms with Crippen molar-refractivity contribution in [3.8, 4) is 0 Å². The van der Waals surface area contributed by atoms with E-state index in [0.29, 0.717) is 0 Å². The third kappa shape index (κ3) is 7.31. The third-order valence-electron chi connectivity index (χ3n) is 6.78. The van der Waals surface area contributed by atoms with E-state index >= 15 is 0 Å². The second-order valence-corrected chi connectivity index (χ2v) is 9.76. The number of carbonyl (C=O) groups is 3. The molecule has 12 N–H and O–H groups in total. The van der Waals surface area contributed by atoms with Crippen LogP contribution in [0.25, 0.3) is 0 Å². The summed E-state index contributed by atoms with van der Waals surface area (Å²) < 4.78 is 31.8. The lowest BCUT2D eigenvalue weighted by molar-refractivity contribution is -0.360. The number of aliphatic hydroxyl groups excluding tert-OH is 8. The topological polar surface area (TPSA) is 327 Å². The summed E-state index contributed by atoms with van der Waals surface area (Å²) in [6.07, 6.45) is -27.1. The number of carboxylic acids is 1. The van der Waals surface area contributed by atoms with E-state index in [9.17, 15) is 60.3 Å². The molecule has 3 fully saturated rings. The Hall–Kier alpha value is -2.15. The summed E-state index contributed by atoms with van der Waals surface area (Å²) in [6, 6.07) is -1.64. The van der Waals surface area contributed by atoms with Gasteiger partial charge >= 0.3 is 11.9 Å². The number of amides is 1. The molecular formula is C22H36N2O18. The predicted molar refractivity (Wildman–Crippen MR) is 126 cm³/mol. The van der Waals surface area contributed by atoms with Crippen LogP contribution >= 0.6 is 0 Å². The maximum absolute atomic E-state index is 12.6. The number of ether oxygens (including phenoxy) is 6. The number of carboxylic acid groups (broad SMARTS) is 1. The van der Waals surface area contributed by atoms with Gasteiger partial charge in [0.15, 0.2) is 31.1 Å². The first-order chi connectivity index (χ1) is 19.7. The van der Waals surface area contributed by atoms with Gasteiger partial charge in [0.05, 0.1) is 6.61 Å².